The van der Waals surface area contributed by atoms with Crippen LogP contribution in [-0.4, -0.2) is 19.1 Å². The second kappa shape index (κ2) is 9.56. The smallest absolute Gasteiger partial charge is 0.251 e. The minimum absolute atomic E-state index is 0. The molecule has 2 aromatic carbocycles. The SMILES string of the molecule is Cl.NCc1ccc(C(=O)NC(CC2CCOC2)c2ccccc2)cc1. The molecular formula is C20H25ClN2O2. The Hall–Kier alpha value is -1.88. The number of nitrogens with one attached hydrogen (secondary N) is 1. The molecule has 1 saturated heterocycles. The number of amides is 1. The van der Waals surface area contributed by atoms with Crippen LogP contribution < -0.4 is 11.1 Å². The van der Waals surface area contributed by atoms with Crippen molar-refractivity contribution in [3.8, 4) is 0 Å². The zero-order valence-corrected chi connectivity index (χ0v) is 15.0. The monoisotopic (exact) mass is 360 g/mol. The normalized spacial score (nSPS) is 17.6. The average Bonchev–Trinajstić information content (AvgIpc) is 3.15. The molecule has 0 aliphatic carbocycles. The largest absolute Gasteiger partial charge is 0.381 e. The number of hydrogen-bond donors (Lipinski definition) is 2. The maximum absolute atomic E-state index is 12.6. The van der Waals surface area contributed by atoms with Gasteiger partial charge in [-0.2, -0.15) is 0 Å². The van der Waals surface area contributed by atoms with Gasteiger partial charge >= 0.3 is 0 Å². The van der Waals surface area contributed by atoms with E-state index in [2.05, 4.69) is 17.4 Å². The first-order valence-electron chi connectivity index (χ1n) is 8.49. The van der Waals surface area contributed by atoms with Crippen molar-refractivity contribution in [3.63, 3.8) is 0 Å². The van der Waals surface area contributed by atoms with E-state index in [-0.39, 0.29) is 24.4 Å². The molecule has 2 unspecified atom stereocenters. The van der Waals surface area contributed by atoms with Gasteiger partial charge in [0.2, 0.25) is 0 Å². The fourth-order valence-electron chi connectivity index (χ4n) is 3.10. The van der Waals surface area contributed by atoms with Crippen LogP contribution in [0.3, 0.4) is 0 Å². The number of hydrogen-bond acceptors (Lipinski definition) is 3. The van der Waals surface area contributed by atoms with Crippen LogP contribution in [-0.2, 0) is 11.3 Å². The molecule has 1 heterocycles. The number of benzene rings is 2. The van der Waals surface area contributed by atoms with E-state index in [1.165, 1.54) is 0 Å². The summed E-state index contributed by atoms with van der Waals surface area (Å²) in [4.78, 5) is 12.6. The Morgan fingerprint density at radius 1 is 1.16 bits per heavy atom. The van der Waals surface area contributed by atoms with E-state index in [4.69, 9.17) is 10.5 Å². The van der Waals surface area contributed by atoms with Crippen LogP contribution in [0.5, 0.6) is 0 Å². The summed E-state index contributed by atoms with van der Waals surface area (Å²) in [5.74, 6) is 0.446. The average molecular weight is 361 g/mol. The number of carbonyl (C=O) groups excluding carboxylic acids is 1. The maximum Gasteiger partial charge on any atom is 0.251 e. The van der Waals surface area contributed by atoms with E-state index in [0.717, 1.165) is 37.2 Å². The van der Waals surface area contributed by atoms with Crippen molar-refractivity contribution in [2.75, 3.05) is 13.2 Å². The molecule has 1 aliphatic heterocycles. The fourth-order valence-corrected chi connectivity index (χ4v) is 3.10. The molecule has 134 valence electrons. The lowest BCUT2D eigenvalue weighted by atomic mass is 9.94. The van der Waals surface area contributed by atoms with E-state index in [0.29, 0.717) is 18.0 Å². The minimum atomic E-state index is -0.0497. The molecule has 1 aliphatic rings. The van der Waals surface area contributed by atoms with Crippen LogP contribution in [0.4, 0.5) is 0 Å². The van der Waals surface area contributed by atoms with E-state index < -0.39 is 0 Å². The topological polar surface area (TPSA) is 64.4 Å². The molecule has 0 radical (unpaired) electrons. The molecule has 0 spiro atoms. The Labute approximate surface area is 155 Å². The highest BCUT2D eigenvalue weighted by Gasteiger charge is 2.23. The summed E-state index contributed by atoms with van der Waals surface area (Å²) in [5.41, 5.74) is 8.43. The summed E-state index contributed by atoms with van der Waals surface area (Å²) in [5, 5.41) is 3.19. The molecule has 1 fully saturated rings. The summed E-state index contributed by atoms with van der Waals surface area (Å²) in [6, 6.07) is 17.6. The van der Waals surface area contributed by atoms with Crippen molar-refractivity contribution < 1.29 is 9.53 Å². The minimum Gasteiger partial charge on any atom is -0.381 e. The van der Waals surface area contributed by atoms with Gasteiger partial charge in [0.05, 0.1) is 6.04 Å². The molecule has 25 heavy (non-hydrogen) atoms. The number of rotatable bonds is 6. The molecule has 0 aromatic heterocycles. The highest BCUT2D eigenvalue weighted by Crippen LogP contribution is 2.26. The second-order valence-corrected chi connectivity index (χ2v) is 6.30. The third-order valence-electron chi connectivity index (χ3n) is 4.55. The Kier molecular flexibility index (Phi) is 7.44. The predicted molar refractivity (Wildman–Crippen MR) is 102 cm³/mol. The van der Waals surface area contributed by atoms with E-state index >= 15 is 0 Å². The first-order chi connectivity index (χ1) is 11.8. The van der Waals surface area contributed by atoms with Crippen LogP contribution >= 0.6 is 12.4 Å². The van der Waals surface area contributed by atoms with Crippen LogP contribution in [0, 0.1) is 5.92 Å². The molecule has 1 amide bonds. The highest BCUT2D eigenvalue weighted by atomic mass is 35.5. The molecule has 2 atom stereocenters. The van der Waals surface area contributed by atoms with Crippen molar-refractivity contribution >= 4 is 18.3 Å². The van der Waals surface area contributed by atoms with Gasteiger partial charge in [0, 0.05) is 25.3 Å². The van der Waals surface area contributed by atoms with E-state index in [9.17, 15) is 4.79 Å². The molecule has 3 rings (SSSR count). The van der Waals surface area contributed by atoms with Crippen LogP contribution in [0.25, 0.3) is 0 Å². The molecule has 0 saturated carbocycles. The number of carbonyl (C=O) groups is 1. The standard InChI is InChI=1S/C20H24N2O2.ClH/c21-13-15-6-8-18(9-7-15)20(23)22-19(12-16-10-11-24-14-16)17-4-2-1-3-5-17;/h1-9,16,19H,10-14,21H2,(H,22,23);1H. The van der Waals surface area contributed by atoms with Crippen molar-refractivity contribution in [2.24, 2.45) is 11.7 Å². The lowest BCUT2D eigenvalue weighted by molar-refractivity contribution is 0.0928. The zero-order chi connectivity index (χ0) is 16.8. The van der Waals surface area contributed by atoms with Gasteiger partial charge in [-0.15, -0.1) is 12.4 Å². The lowest BCUT2D eigenvalue weighted by Crippen LogP contribution is -2.30. The number of ether oxygens (including phenoxy) is 1. The Balaban J connectivity index is 0.00000225. The molecular weight excluding hydrogens is 336 g/mol. The summed E-state index contributed by atoms with van der Waals surface area (Å²) in [6.07, 6.45) is 1.96. The van der Waals surface area contributed by atoms with Crippen molar-refractivity contribution in [1.29, 1.82) is 0 Å². The van der Waals surface area contributed by atoms with Crippen molar-refractivity contribution in [1.82, 2.24) is 5.32 Å². The van der Waals surface area contributed by atoms with E-state index in [1.54, 1.807) is 0 Å². The zero-order valence-electron chi connectivity index (χ0n) is 14.2. The van der Waals surface area contributed by atoms with Gasteiger partial charge in [-0.1, -0.05) is 42.5 Å². The van der Waals surface area contributed by atoms with E-state index in [1.807, 2.05) is 42.5 Å². The number of nitrogens with two attached hydrogens (primary N) is 1. The van der Waals surface area contributed by atoms with Crippen LogP contribution in [0.15, 0.2) is 54.6 Å². The van der Waals surface area contributed by atoms with Crippen LogP contribution in [0.1, 0.15) is 40.4 Å². The molecule has 2 aromatic rings. The lowest BCUT2D eigenvalue weighted by Gasteiger charge is -2.22. The predicted octanol–water partition coefficient (Wildman–Crippen LogP) is 3.46. The molecule has 4 nitrogen and oxygen atoms in total. The first-order valence-corrected chi connectivity index (χ1v) is 8.49. The molecule has 3 N–H and O–H groups in total. The second-order valence-electron chi connectivity index (χ2n) is 6.30. The Morgan fingerprint density at radius 2 is 1.88 bits per heavy atom. The van der Waals surface area contributed by atoms with Crippen molar-refractivity contribution in [2.45, 2.75) is 25.4 Å². The number of halogens is 1. The fraction of sp³-hybridized carbons (Fsp3) is 0.350. The summed E-state index contributed by atoms with van der Waals surface area (Å²) in [7, 11) is 0. The van der Waals surface area contributed by atoms with Crippen LogP contribution in [0.2, 0.25) is 0 Å². The third kappa shape index (κ3) is 5.30. The van der Waals surface area contributed by atoms with Gasteiger partial charge < -0.3 is 15.8 Å². The Bertz CT molecular complexity index is 655. The first kappa shape index (κ1) is 19.4. The van der Waals surface area contributed by atoms with Gasteiger partial charge in [-0.25, -0.2) is 0 Å². The third-order valence-corrected chi connectivity index (χ3v) is 4.55. The van der Waals surface area contributed by atoms with Gasteiger partial charge in [0.1, 0.15) is 0 Å². The molecule has 0 bridgehead atoms. The van der Waals surface area contributed by atoms with Gasteiger partial charge in [-0.3, -0.25) is 4.79 Å². The quantitative estimate of drug-likeness (QED) is 0.829. The highest BCUT2D eigenvalue weighted by molar-refractivity contribution is 5.94. The molecule has 5 heteroatoms. The Morgan fingerprint density at radius 3 is 2.48 bits per heavy atom. The van der Waals surface area contributed by atoms with Gasteiger partial charge in [0.25, 0.3) is 5.91 Å². The van der Waals surface area contributed by atoms with Gasteiger partial charge in [0.15, 0.2) is 0 Å². The maximum atomic E-state index is 12.6. The summed E-state index contributed by atoms with van der Waals surface area (Å²) >= 11 is 0. The summed E-state index contributed by atoms with van der Waals surface area (Å²) in [6.45, 7) is 2.08. The van der Waals surface area contributed by atoms with Gasteiger partial charge in [-0.05, 0) is 42.0 Å². The van der Waals surface area contributed by atoms with Crippen molar-refractivity contribution in [3.05, 3.63) is 71.3 Å². The summed E-state index contributed by atoms with van der Waals surface area (Å²) < 4.78 is 5.48.